The minimum atomic E-state index is -0.953. The molecule has 0 fully saturated rings. The van der Waals surface area contributed by atoms with Gasteiger partial charge in [0.1, 0.15) is 10.6 Å². The van der Waals surface area contributed by atoms with Crippen LogP contribution in [0.15, 0.2) is 34.2 Å². The fourth-order valence-corrected chi connectivity index (χ4v) is 4.34. The molecule has 0 saturated heterocycles. The molecule has 0 aliphatic rings. The lowest BCUT2D eigenvalue weighted by Crippen LogP contribution is -2.10. The summed E-state index contributed by atoms with van der Waals surface area (Å²) in [6.07, 6.45) is 0.768. The largest absolute Gasteiger partial charge is 0.497 e. The molecule has 0 radical (unpaired) electrons. The number of ether oxygens (including phenoxy) is 1. The molecule has 0 aliphatic carbocycles. The van der Waals surface area contributed by atoms with E-state index in [1.54, 1.807) is 7.11 Å². The first-order valence-electron chi connectivity index (χ1n) is 7.58. The van der Waals surface area contributed by atoms with Crippen molar-refractivity contribution in [1.82, 2.24) is 9.97 Å². The highest BCUT2D eigenvalue weighted by atomic mass is 32.2. The summed E-state index contributed by atoms with van der Waals surface area (Å²) in [4.78, 5) is 32.2. The van der Waals surface area contributed by atoms with E-state index in [0.29, 0.717) is 15.4 Å². The van der Waals surface area contributed by atoms with Crippen LogP contribution in [0.2, 0.25) is 0 Å². The second kappa shape index (κ2) is 7.28. The number of carboxylic acid groups (broad SMARTS) is 1. The van der Waals surface area contributed by atoms with E-state index in [1.807, 2.05) is 31.2 Å². The number of aromatic amines is 1. The number of hydrogen-bond acceptors (Lipinski definition) is 6. The number of aromatic nitrogens is 2. The average Bonchev–Trinajstić information content (AvgIpc) is 2.99. The number of nitrogens with zero attached hydrogens (tertiary/aromatic N) is 1. The Hall–Kier alpha value is -2.32. The van der Waals surface area contributed by atoms with E-state index in [4.69, 9.17) is 9.84 Å². The van der Waals surface area contributed by atoms with Gasteiger partial charge in [-0.2, -0.15) is 0 Å². The van der Waals surface area contributed by atoms with Crippen LogP contribution in [0.25, 0.3) is 21.3 Å². The van der Waals surface area contributed by atoms with Crippen molar-refractivity contribution in [3.63, 3.8) is 0 Å². The van der Waals surface area contributed by atoms with E-state index in [9.17, 15) is 9.59 Å². The fourth-order valence-electron chi connectivity index (χ4n) is 2.57. The van der Waals surface area contributed by atoms with Crippen LogP contribution in [0, 0.1) is 0 Å². The molecule has 0 atom stereocenters. The Morgan fingerprint density at radius 2 is 2.24 bits per heavy atom. The zero-order chi connectivity index (χ0) is 18.0. The van der Waals surface area contributed by atoms with Crippen LogP contribution in [-0.4, -0.2) is 33.9 Å². The zero-order valence-electron chi connectivity index (χ0n) is 13.7. The molecule has 0 unspecified atom stereocenters. The van der Waals surface area contributed by atoms with Crippen molar-refractivity contribution in [1.29, 1.82) is 0 Å². The summed E-state index contributed by atoms with van der Waals surface area (Å²) in [6.45, 7) is 2.03. The number of hydrogen-bond donors (Lipinski definition) is 2. The van der Waals surface area contributed by atoms with E-state index < -0.39 is 5.97 Å². The Balaban J connectivity index is 2.18. The quantitative estimate of drug-likeness (QED) is 0.506. The predicted octanol–water partition coefficient (Wildman–Crippen LogP) is 3.40. The van der Waals surface area contributed by atoms with Gasteiger partial charge in [-0.1, -0.05) is 30.8 Å². The summed E-state index contributed by atoms with van der Waals surface area (Å²) < 4.78 is 5.29. The molecule has 25 heavy (non-hydrogen) atoms. The summed E-state index contributed by atoms with van der Waals surface area (Å²) in [7, 11) is 1.60. The van der Waals surface area contributed by atoms with Crippen molar-refractivity contribution in [3.05, 3.63) is 39.5 Å². The molecule has 0 spiro atoms. The van der Waals surface area contributed by atoms with Gasteiger partial charge in [0, 0.05) is 10.4 Å². The highest BCUT2D eigenvalue weighted by Gasteiger charge is 2.18. The van der Waals surface area contributed by atoms with Crippen molar-refractivity contribution < 1.29 is 14.6 Å². The maximum Gasteiger partial charge on any atom is 0.313 e. The van der Waals surface area contributed by atoms with Crippen LogP contribution < -0.4 is 10.3 Å². The smallest absolute Gasteiger partial charge is 0.313 e. The van der Waals surface area contributed by atoms with Gasteiger partial charge >= 0.3 is 5.97 Å². The van der Waals surface area contributed by atoms with Crippen molar-refractivity contribution in [2.24, 2.45) is 0 Å². The number of carboxylic acids is 1. The molecule has 130 valence electrons. The Kier molecular flexibility index (Phi) is 5.10. The molecule has 8 heteroatoms. The van der Waals surface area contributed by atoms with Crippen LogP contribution in [0.3, 0.4) is 0 Å². The monoisotopic (exact) mass is 376 g/mol. The second-order valence-electron chi connectivity index (χ2n) is 5.22. The van der Waals surface area contributed by atoms with Gasteiger partial charge in [-0.05, 0) is 24.1 Å². The SMILES string of the molecule is CCc1sc2nc(SCC(=O)O)[nH]c(=O)c2c1-c1cccc(OC)c1. The number of H-pyrrole nitrogens is 1. The average molecular weight is 376 g/mol. The van der Waals surface area contributed by atoms with Crippen LogP contribution in [0.5, 0.6) is 5.75 Å². The molecule has 0 bridgehead atoms. The number of aliphatic carboxylic acids is 1. The van der Waals surface area contributed by atoms with Crippen LogP contribution >= 0.6 is 23.1 Å². The minimum absolute atomic E-state index is 0.150. The molecule has 3 rings (SSSR count). The van der Waals surface area contributed by atoms with Gasteiger partial charge in [-0.15, -0.1) is 11.3 Å². The van der Waals surface area contributed by atoms with Crippen molar-refractivity contribution >= 4 is 39.3 Å². The molecule has 2 N–H and O–H groups in total. The lowest BCUT2D eigenvalue weighted by Gasteiger charge is -2.06. The predicted molar refractivity (Wildman–Crippen MR) is 100.0 cm³/mol. The molecule has 2 aromatic heterocycles. The Labute approximate surface area is 151 Å². The normalized spacial score (nSPS) is 11.0. The molecule has 2 heterocycles. The molecular weight excluding hydrogens is 360 g/mol. The minimum Gasteiger partial charge on any atom is -0.497 e. The van der Waals surface area contributed by atoms with Crippen molar-refractivity contribution in [2.45, 2.75) is 18.5 Å². The third-order valence-electron chi connectivity index (χ3n) is 3.63. The summed E-state index contributed by atoms with van der Waals surface area (Å²) in [6, 6.07) is 7.57. The van der Waals surface area contributed by atoms with Gasteiger partial charge in [0.2, 0.25) is 0 Å². The third kappa shape index (κ3) is 3.54. The third-order valence-corrected chi connectivity index (χ3v) is 5.71. The Morgan fingerprint density at radius 1 is 1.44 bits per heavy atom. The Bertz CT molecular complexity index is 994. The molecule has 0 aliphatic heterocycles. The van der Waals surface area contributed by atoms with Crippen molar-refractivity contribution in [2.75, 3.05) is 12.9 Å². The van der Waals surface area contributed by atoms with Crippen molar-refractivity contribution in [3.8, 4) is 16.9 Å². The number of benzene rings is 1. The number of carbonyl (C=O) groups is 1. The first-order chi connectivity index (χ1) is 12.0. The number of fused-ring (bicyclic) bond motifs is 1. The second-order valence-corrected chi connectivity index (χ2v) is 7.27. The van der Waals surface area contributed by atoms with Crippen LogP contribution in [-0.2, 0) is 11.2 Å². The van der Waals surface area contributed by atoms with E-state index >= 15 is 0 Å². The summed E-state index contributed by atoms with van der Waals surface area (Å²) in [5.41, 5.74) is 1.51. The van der Waals surface area contributed by atoms with E-state index in [1.165, 1.54) is 11.3 Å². The zero-order valence-corrected chi connectivity index (χ0v) is 15.3. The first-order valence-corrected chi connectivity index (χ1v) is 9.38. The van der Waals surface area contributed by atoms with Crippen LogP contribution in [0.4, 0.5) is 0 Å². The van der Waals surface area contributed by atoms with E-state index in [2.05, 4.69) is 9.97 Å². The number of thioether (sulfide) groups is 1. The summed E-state index contributed by atoms with van der Waals surface area (Å²) in [5, 5.41) is 9.65. The molecule has 6 nitrogen and oxygen atoms in total. The van der Waals surface area contributed by atoms with E-state index in [0.717, 1.165) is 39.9 Å². The highest BCUT2D eigenvalue weighted by molar-refractivity contribution is 7.99. The maximum absolute atomic E-state index is 12.6. The standard InChI is InChI=1S/C17H16N2O4S2/c1-3-11-13(9-5-4-6-10(7-9)23-2)14-15(22)18-17(19-16(14)25-11)24-8-12(20)21/h4-7H,3,8H2,1-2H3,(H,20,21)(H,18,19,22). The summed E-state index contributed by atoms with van der Waals surface area (Å²) >= 11 is 2.46. The number of nitrogens with one attached hydrogen (secondary N) is 1. The number of rotatable bonds is 6. The van der Waals surface area contributed by atoms with Gasteiger partial charge in [0.25, 0.3) is 5.56 Å². The lowest BCUT2D eigenvalue weighted by molar-refractivity contribution is -0.133. The Morgan fingerprint density at radius 3 is 2.92 bits per heavy atom. The summed E-state index contributed by atoms with van der Waals surface area (Å²) in [5.74, 6) is -0.384. The number of methoxy groups -OCH3 is 1. The molecule has 3 aromatic rings. The number of thiophene rings is 1. The molecular formula is C17H16N2O4S2. The van der Waals surface area contributed by atoms with Gasteiger partial charge in [0.15, 0.2) is 5.16 Å². The lowest BCUT2D eigenvalue weighted by atomic mass is 10.0. The first kappa shape index (κ1) is 17.5. The number of aryl methyl sites for hydroxylation is 1. The van der Waals surface area contributed by atoms with Gasteiger partial charge in [-0.25, -0.2) is 4.98 Å². The van der Waals surface area contributed by atoms with Gasteiger partial charge < -0.3 is 14.8 Å². The topological polar surface area (TPSA) is 92.3 Å². The maximum atomic E-state index is 12.6. The molecule has 0 amide bonds. The van der Waals surface area contributed by atoms with Gasteiger partial charge in [-0.3, -0.25) is 9.59 Å². The highest BCUT2D eigenvalue weighted by Crippen LogP contribution is 2.38. The molecule has 0 saturated carbocycles. The fraction of sp³-hybridized carbons (Fsp3) is 0.235. The van der Waals surface area contributed by atoms with Gasteiger partial charge in [0.05, 0.1) is 18.2 Å². The molecule has 1 aromatic carbocycles. The van der Waals surface area contributed by atoms with E-state index in [-0.39, 0.29) is 11.3 Å². The van der Waals surface area contributed by atoms with Crippen LogP contribution in [0.1, 0.15) is 11.8 Å².